The molecule has 2 aromatic heterocycles. The van der Waals surface area contributed by atoms with E-state index in [9.17, 15) is 27.9 Å². The van der Waals surface area contributed by atoms with Crippen molar-refractivity contribution < 1.29 is 87.8 Å². The SMILES string of the molecule is O.O.O=C(c1c(O)c2cc3oc4ccccc4c3cc2n(-c2ccccc2)c1=O)C(F)(F)F.[Eu]. The molecule has 177 valence electrons. The van der Waals surface area contributed by atoms with Crippen molar-refractivity contribution >= 4 is 38.6 Å². The predicted octanol–water partition coefficient (Wildman–Crippen LogP) is 3.69. The van der Waals surface area contributed by atoms with E-state index in [-0.39, 0.29) is 76.9 Å². The minimum absolute atomic E-state index is 0. The average Bonchev–Trinajstić information content (AvgIpc) is 3.10. The number of aromatic nitrogens is 1. The molecule has 0 saturated carbocycles. The number of hydrogen-bond donors (Lipinski definition) is 1. The Kier molecular flexibility index (Phi) is 8.11. The van der Waals surface area contributed by atoms with E-state index >= 15 is 0 Å². The van der Waals surface area contributed by atoms with Gasteiger partial charge < -0.3 is 20.5 Å². The summed E-state index contributed by atoms with van der Waals surface area (Å²) in [7, 11) is 0. The van der Waals surface area contributed by atoms with E-state index in [0.717, 1.165) is 9.95 Å². The molecule has 5 aromatic rings. The summed E-state index contributed by atoms with van der Waals surface area (Å²) in [6.07, 6.45) is -5.33. The molecule has 0 aliphatic heterocycles. The number of benzene rings is 3. The summed E-state index contributed by atoms with van der Waals surface area (Å²) in [6, 6.07) is 17.9. The van der Waals surface area contributed by atoms with E-state index in [4.69, 9.17) is 4.42 Å². The van der Waals surface area contributed by atoms with Crippen molar-refractivity contribution in [3.8, 4) is 11.4 Å². The number of alkyl halides is 3. The van der Waals surface area contributed by atoms with Crippen LogP contribution in [-0.2, 0) is 0 Å². The number of furan rings is 1. The molecule has 0 spiro atoms. The number of ketones is 1. The molecule has 0 amide bonds. The normalized spacial score (nSPS) is 11.0. The van der Waals surface area contributed by atoms with E-state index < -0.39 is 28.8 Å². The monoisotopic (exact) mass is 612 g/mol. The van der Waals surface area contributed by atoms with Crippen LogP contribution in [0, 0.1) is 49.4 Å². The van der Waals surface area contributed by atoms with Gasteiger partial charge in [-0.25, -0.2) is 0 Å². The molecule has 0 unspecified atom stereocenters. The van der Waals surface area contributed by atoms with Gasteiger partial charge in [0, 0.05) is 71.2 Å². The molecule has 3 aromatic carbocycles. The van der Waals surface area contributed by atoms with Crippen LogP contribution in [-0.4, -0.2) is 32.6 Å². The Labute approximate surface area is 229 Å². The predicted molar refractivity (Wildman–Crippen MR) is 116 cm³/mol. The second-order valence-electron chi connectivity index (χ2n) is 6.99. The van der Waals surface area contributed by atoms with Crippen LogP contribution in [0.1, 0.15) is 10.4 Å². The molecule has 11 heteroatoms. The number of pyridine rings is 1. The quantitative estimate of drug-likeness (QED) is 0.305. The maximum atomic E-state index is 13.2. The van der Waals surface area contributed by atoms with Crippen LogP contribution in [0.25, 0.3) is 38.5 Å². The van der Waals surface area contributed by atoms with Crippen molar-refractivity contribution in [2.75, 3.05) is 0 Å². The number of para-hydroxylation sites is 2. The molecule has 0 bridgehead atoms. The number of carbonyl (C=O) groups excluding carboxylic acids is 1. The molecule has 1 radical (unpaired) electrons. The Balaban J connectivity index is 0.00000136. The molecular weight excluding hydrogens is 595 g/mol. The molecule has 0 aliphatic carbocycles. The number of rotatable bonds is 2. The van der Waals surface area contributed by atoms with E-state index in [2.05, 4.69) is 0 Å². The third-order valence-corrected chi connectivity index (χ3v) is 5.14. The van der Waals surface area contributed by atoms with E-state index in [1.807, 2.05) is 0 Å². The summed E-state index contributed by atoms with van der Waals surface area (Å²) in [4.78, 5) is 25.1. The van der Waals surface area contributed by atoms with Crippen molar-refractivity contribution in [2.45, 2.75) is 6.18 Å². The molecule has 0 aliphatic rings. The topological polar surface area (TPSA) is 135 Å². The van der Waals surface area contributed by atoms with E-state index in [1.54, 1.807) is 48.5 Å². The first kappa shape index (κ1) is 27.7. The standard InChI is InChI=1S/C23H12F3NO4.Eu.2H2O/c24-23(25,26)21(29)19-20(28)15-11-18-14(13-8-4-5-9-17(13)31-18)10-16(15)27(22(19)30)12-6-2-1-3-7-12;;;/h1-11,28H;;2*1H2. The Morgan fingerprint density at radius 2 is 1.47 bits per heavy atom. The van der Waals surface area contributed by atoms with Gasteiger partial charge in [-0.2, -0.15) is 13.2 Å². The smallest absolute Gasteiger partial charge is 0.455 e. The van der Waals surface area contributed by atoms with Gasteiger partial charge in [0.2, 0.25) is 0 Å². The Hall–Kier alpha value is -2.57. The van der Waals surface area contributed by atoms with Gasteiger partial charge in [0.1, 0.15) is 22.5 Å². The number of carbonyl (C=O) groups is 1. The van der Waals surface area contributed by atoms with Gasteiger partial charge >= 0.3 is 6.18 Å². The fourth-order valence-corrected chi connectivity index (χ4v) is 3.77. The summed E-state index contributed by atoms with van der Waals surface area (Å²) in [6.45, 7) is 0. The maximum Gasteiger partial charge on any atom is 0.455 e. The Bertz CT molecular complexity index is 1580. The molecule has 2 heterocycles. The minimum Gasteiger partial charge on any atom is -0.506 e. The molecule has 5 N–H and O–H groups in total. The summed E-state index contributed by atoms with van der Waals surface area (Å²) in [5, 5.41) is 11.8. The largest absolute Gasteiger partial charge is 0.506 e. The minimum atomic E-state index is -5.33. The second-order valence-corrected chi connectivity index (χ2v) is 6.99. The molecule has 7 nitrogen and oxygen atoms in total. The third kappa shape index (κ3) is 4.30. The fourth-order valence-electron chi connectivity index (χ4n) is 3.77. The fraction of sp³-hybridized carbons (Fsp3) is 0.0435. The first-order valence-electron chi connectivity index (χ1n) is 9.17. The number of fused-ring (bicyclic) bond motifs is 4. The summed E-state index contributed by atoms with van der Waals surface area (Å²) in [5.41, 5.74) is -1.36. The first-order chi connectivity index (χ1) is 14.8. The first-order valence-corrected chi connectivity index (χ1v) is 9.17. The molecule has 34 heavy (non-hydrogen) atoms. The molecule has 0 atom stereocenters. The van der Waals surface area contributed by atoms with Crippen LogP contribution >= 0.6 is 0 Å². The molecule has 5 rings (SSSR count). The van der Waals surface area contributed by atoms with Gasteiger partial charge in [0.15, 0.2) is 0 Å². The number of Topliss-reactive ketones (excluding diaryl/α,β-unsaturated/α-hetero) is 1. The van der Waals surface area contributed by atoms with Crippen LogP contribution in [0.4, 0.5) is 13.2 Å². The van der Waals surface area contributed by atoms with E-state index in [1.165, 1.54) is 18.2 Å². The number of halogens is 3. The van der Waals surface area contributed by atoms with Crippen LogP contribution in [0.3, 0.4) is 0 Å². The summed E-state index contributed by atoms with van der Waals surface area (Å²) in [5.74, 6) is -3.44. The Morgan fingerprint density at radius 1 is 0.853 bits per heavy atom. The number of nitrogens with zero attached hydrogens (tertiary/aromatic N) is 1. The molecular formula is C23H16EuF3NO6. The second kappa shape index (κ2) is 9.97. The van der Waals surface area contributed by atoms with Gasteiger partial charge in [-0.1, -0.05) is 36.4 Å². The van der Waals surface area contributed by atoms with Gasteiger partial charge in [0.25, 0.3) is 11.3 Å². The van der Waals surface area contributed by atoms with Crippen molar-refractivity contribution in [1.82, 2.24) is 4.57 Å². The van der Waals surface area contributed by atoms with Gasteiger partial charge in [-0.05, 0) is 30.3 Å². The van der Waals surface area contributed by atoms with Crippen LogP contribution < -0.4 is 5.56 Å². The van der Waals surface area contributed by atoms with Crippen molar-refractivity contribution in [1.29, 1.82) is 0 Å². The number of hydrogen-bond acceptors (Lipinski definition) is 4. The maximum absolute atomic E-state index is 13.2. The van der Waals surface area contributed by atoms with Crippen LogP contribution in [0.15, 0.2) is 75.9 Å². The molecule has 0 fully saturated rings. The zero-order chi connectivity index (χ0) is 21.9. The summed E-state index contributed by atoms with van der Waals surface area (Å²) >= 11 is 0. The van der Waals surface area contributed by atoms with Crippen molar-refractivity contribution in [3.05, 3.63) is 82.6 Å². The van der Waals surface area contributed by atoms with Crippen molar-refractivity contribution in [2.24, 2.45) is 0 Å². The van der Waals surface area contributed by atoms with Gasteiger partial charge in [0.05, 0.1) is 5.52 Å². The number of aromatic hydroxyl groups is 1. The van der Waals surface area contributed by atoms with Crippen LogP contribution in [0.2, 0.25) is 0 Å². The van der Waals surface area contributed by atoms with Crippen molar-refractivity contribution in [3.63, 3.8) is 0 Å². The van der Waals surface area contributed by atoms with Gasteiger partial charge in [-0.3, -0.25) is 14.2 Å². The zero-order valence-corrected chi connectivity index (χ0v) is 19.4. The molecule has 0 saturated heterocycles. The van der Waals surface area contributed by atoms with Gasteiger partial charge in [-0.15, -0.1) is 0 Å². The zero-order valence-electron chi connectivity index (χ0n) is 17.0. The average molecular weight is 611 g/mol. The van der Waals surface area contributed by atoms with Crippen LogP contribution in [0.5, 0.6) is 5.75 Å². The van der Waals surface area contributed by atoms with E-state index in [0.29, 0.717) is 16.6 Å². The Morgan fingerprint density at radius 3 is 2.12 bits per heavy atom. The third-order valence-electron chi connectivity index (χ3n) is 5.14. The summed E-state index contributed by atoms with van der Waals surface area (Å²) < 4.78 is 46.3.